The van der Waals surface area contributed by atoms with Gasteiger partial charge < -0.3 is 14.8 Å². The number of amides is 2. The molecule has 2 aromatic rings. The Labute approximate surface area is 175 Å². The molecule has 2 heterocycles. The first-order valence-electron chi connectivity index (χ1n) is 10.2. The van der Waals surface area contributed by atoms with Crippen molar-refractivity contribution in [2.45, 2.75) is 56.1 Å². The molecule has 1 aromatic heterocycles. The third-order valence-electron chi connectivity index (χ3n) is 6.01. The Hall–Kier alpha value is -2.43. The molecule has 3 N–H and O–H groups in total. The van der Waals surface area contributed by atoms with Crippen LogP contribution in [-0.4, -0.2) is 39.8 Å². The molecule has 0 saturated carbocycles. The van der Waals surface area contributed by atoms with Gasteiger partial charge in [0.1, 0.15) is 11.0 Å². The molecular weight excluding hydrogens is 406 g/mol. The van der Waals surface area contributed by atoms with Crippen molar-refractivity contribution in [3.63, 3.8) is 0 Å². The van der Waals surface area contributed by atoms with Crippen molar-refractivity contribution in [1.29, 1.82) is 0 Å². The second-order valence-corrected chi connectivity index (χ2v) is 9.78. The molecule has 5 rings (SSSR count). The van der Waals surface area contributed by atoms with Gasteiger partial charge in [-0.25, -0.2) is 18.8 Å². The lowest BCUT2D eigenvalue weighted by molar-refractivity contribution is 0.0920. The van der Waals surface area contributed by atoms with Gasteiger partial charge >= 0.3 is 6.03 Å². The first-order chi connectivity index (χ1) is 14.5. The Morgan fingerprint density at radius 2 is 2.03 bits per heavy atom. The fourth-order valence-electron chi connectivity index (χ4n) is 4.74. The van der Waals surface area contributed by atoms with Crippen LogP contribution in [0, 0.1) is 0 Å². The first-order valence-corrected chi connectivity index (χ1v) is 11.8. The Morgan fingerprint density at radius 3 is 2.70 bits per heavy atom. The predicted octanol–water partition coefficient (Wildman–Crippen LogP) is 2.20. The van der Waals surface area contributed by atoms with Crippen molar-refractivity contribution >= 4 is 21.6 Å². The standard InChI is InChI=1S/C20H25N5O4S/c1-28-11-14-10-25-19(29-14)17(9-22-25)30(21,27)24-20(26)23-18-15-6-2-4-12(15)8-13-5-3-7-16(13)18/h8-9,14H,2-7,10-11H2,1H3,(H3,21,23,24,26,27)/t14-,30+/m1/s1. The average molecular weight is 432 g/mol. The number of fused-ring (bicyclic) bond motifs is 3. The van der Waals surface area contributed by atoms with Crippen molar-refractivity contribution in [2.24, 2.45) is 9.50 Å². The lowest BCUT2D eigenvalue weighted by Crippen LogP contribution is -2.22. The zero-order chi connectivity index (χ0) is 20.9. The van der Waals surface area contributed by atoms with Crippen molar-refractivity contribution in [1.82, 2.24) is 9.78 Å². The molecule has 10 heteroatoms. The third-order valence-corrected chi connectivity index (χ3v) is 7.35. The first kappa shape index (κ1) is 19.5. The number of methoxy groups -OCH3 is 1. The van der Waals surface area contributed by atoms with E-state index in [1.54, 1.807) is 11.8 Å². The highest BCUT2D eigenvalue weighted by Gasteiger charge is 2.31. The van der Waals surface area contributed by atoms with Crippen molar-refractivity contribution in [2.75, 3.05) is 19.0 Å². The SMILES string of the molecule is COC[C@H]1Cn2ncc([S@@](N)(=O)=NC(=O)Nc3c4c(cc5c3CCC5)CCC4)c2O1. The van der Waals surface area contributed by atoms with Gasteiger partial charge in [0, 0.05) is 12.8 Å². The number of ether oxygens (including phenoxy) is 2. The van der Waals surface area contributed by atoms with Crippen LogP contribution in [0.25, 0.3) is 0 Å². The largest absolute Gasteiger partial charge is 0.469 e. The summed E-state index contributed by atoms with van der Waals surface area (Å²) in [4.78, 5) is 12.9. The molecule has 0 unspecified atom stereocenters. The predicted molar refractivity (Wildman–Crippen MR) is 111 cm³/mol. The molecule has 9 nitrogen and oxygen atoms in total. The monoisotopic (exact) mass is 431 g/mol. The fourth-order valence-corrected chi connectivity index (χ4v) is 5.73. The summed E-state index contributed by atoms with van der Waals surface area (Å²) >= 11 is 0. The molecule has 30 heavy (non-hydrogen) atoms. The van der Waals surface area contributed by atoms with E-state index in [4.69, 9.17) is 14.6 Å². The van der Waals surface area contributed by atoms with Crippen molar-refractivity contribution < 1.29 is 18.5 Å². The maximum absolute atomic E-state index is 13.1. The van der Waals surface area contributed by atoms with Gasteiger partial charge in [0.15, 0.2) is 9.92 Å². The van der Waals surface area contributed by atoms with E-state index in [9.17, 15) is 9.00 Å². The van der Waals surface area contributed by atoms with E-state index < -0.39 is 15.9 Å². The van der Waals surface area contributed by atoms with Crippen LogP contribution < -0.4 is 15.2 Å². The number of nitrogens with one attached hydrogen (secondary N) is 1. The highest BCUT2D eigenvalue weighted by Crippen LogP contribution is 2.38. The molecule has 3 aliphatic rings. The maximum atomic E-state index is 13.1. The zero-order valence-electron chi connectivity index (χ0n) is 16.8. The van der Waals surface area contributed by atoms with Gasteiger partial charge in [-0.15, -0.1) is 4.36 Å². The molecular formula is C20H25N5O4S. The Balaban J connectivity index is 1.44. The van der Waals surface area contributed by atoms with E-state index in [-0.39, 0.29) is 16.9 Å². The van der Waals surface area contributed by atoms with Crippen LogP contribution in [0.1, 0.15) is 35.1 Å². The van der Waals surface area contributed by atoms with Crippen LogP contribution in [0.5, 0.6) is 5.88 Å². The quantitative estimate of drug-likeness (QED) is 0.769. The molecule has 0 radical (unpaired) electrons. The topological polar surface area (TPSA) is 121 Å². The fraction of sp³-hybridized carbons (Fsp3) is 0.500. The number of hydrogen-bond acceptors (Lipinski definition) is 5. The summed E-state index contributed by atoms with van der Waals surface area (Å²) in [5, 5.41) is 13.1. The highest BCUT2D eigenvalue weighted by atomic mass is 32.2. The molecule has 0 spiro atoms. The third kappa shape index (κ3) is 3.28. The smallest absolute Gasteiger partial charge is 0.354 e. The van der Waals surface area contributed by atoms with Gasteiger partial charge in [0.25, 0.3) is 0 Å². The van der Waals surface area contributed by atoms with Crippen molar-refractivity contribution in [3.05, 3.63) is 34.5 Å². The van der Waals surface area contributed by atoms with Gasteiger partial charge in [-0.05, 0) is 60.8 Å². The van der Waals surface area contributed by atoms with E-state index in [1.807, 2.05) is 0 Å². The second kappa shape index (κ2) is 7.36. The van der Waals surface area contributed by atoms with Crippen LogP contribution in [0.15, 0.2) is 21.5 Å². The number of nitrogens with two attached hydrogens (primary N) is 1. The molecule has 0 bridgehead atoms. The van der Waals surface area contributed by atoms with E-state index >= 15 is 0 Å². The van der Waals surface area contributed by atoms with Crippen LogP contribution in [0.3, 0.4) is 0 Å². The minimum Gasteiger partial charge on any atom is -0.469 e. The summed E-state index contributed by atoms with van der Waals surface area (Å²) in [6.45, 7) is 0.837. The number of aryl methyl sites for hydroxylation is 2. The Kier molecular flexibility index (Phi) is 4.79. The number of benzene rings is 1. The summed E-state index contributed by atoms with van der Waals surface area (Å²) in [6, 6.07) is 1.58. The number of nitrogens with zero attached hydrogens (tertiary/aromatic N) is 3. The number of rotatable bonds is 4. The lowest BCUT2D eigenvalue weighted by atomic mass is 9.99. The average Bonchev–Trinajstić information content (AvgIpc) is 3.44. The lowest BCUT2D eigenvalue weighted by Gasteiger charge is -2.15. The molecule has 0 saturated heterocycles. The normalized spacial score (nSPS) is 20.8. The van der Waals surface area contributed by atoms with E-state index in [0.29, 0.717) is 13.2 Å². The number of carbonyl (C=O) groups excluding carboxylic acids is 1. The van der Waals surface area contributed by atoms with Crippen LogP contribution in [-0.2, 0) is 46.9 Å². The van der Waals surface area contributed by atoms with Gasteiger partial charge in [-0.3, -0.25) is 0 Å². The Morgan fingerprint density at radius 1 is 1.33 bits per heavy atom. The summed E-state index contributed by atoms with van der Waals surface area (Å²) in [5.41, 5.74) is 5.80. The van der Waals surface area contributed by atoms with Crippen LogP contribution in [0.4, 0.5) is 10.5 Å². The van der Waals surface area contributed by atoms with E-state index in [2.05, 4.69) is 20.8 Å². The van der Waals surface area contributed by atoms with Crippen LogP contribution in [0.2, 0.25) is 0 Å². The van der Waals surface area contributed by atoms with E-state index in [1.165, 1.54) is 28.5 Å². The number of aromatic nitrogens is 2. The molecule has 2 amide bonds. The number of anilines is 1. The molecule has 1 aliphatic heterocycles. The number of carbonyl (C=O) groups is 1. The highest BCUT2D eigenvalue weighted by molar-refractivity contribution is 7.91. The van der Waals surface area contributed by atoms with Gasteiger partial charge in [-0.2, -0.15) is 5.10 Å². The maximum Gasteiger partial charge on any atom is 0.354 e. The zero-order valence-corrected chi connectivity index (χ0v) is 17.7. The molecule has 2 atom stereocenters. The summed E-state index contributed by atoms with van der Waals surface area (Å²) in [7, 11) is -1.94. The molecule has 160 valence electrons. The van der Waals surface area contributed by atoms with Gasteiger partial charge in [-0.1, -0.05) is 6.07 Å². The summed E-state index contributed by atoms with van der Waals surface area (Å²) in [5.74, 6) is 0.280. The van der Waals surface area contributed by atoms with Crippen molar-refractivity contribution in [3.8, 4) is 5.88 Å². The molecule has 0 fully saturated rings. The summed E-state index contributed by atoms with van der Waals surface area (Å²) in [6.07, 6.45) is 7.19. The van der Waals surface area contributed by atoms with Gasteiger partial charge in [0.05, 0.1) is 19.3 Å². The molecule has 2 aliphatic carbocycles. The minimum atomic E-state index is -3.51. The van der Waals surface area contributed by atoms with Crippen LogP contribution >= 0.6 is 0 Å². The second-order valence-electron chi connectivity index (χ2n) is 8.02. The van der Waals surface area contributed by atoms with Gasteiger partial charge in [0.2, 0.25) is 5.88 Å². The number of urea groups is 1. The summed E-state index contributed by atoms with van der Waals surface area (Å²) < 4.78 is 29.4. The minimum absolute atomic E-state index is 0.125. The number of hydrogen-bond donors (Lipinski definition) is 2. The Bertz CT molecular complexity index is 1120. The van der Waals surface area contributed by atoms with E-state index in [0.717, 1.165) is 44.2 Å². The molecule has 1 aromatic carbocycles.